The van der Waals surface area contributed by atoms with Crippen molar-refractivity contribution in [2.45, 2.75) is 17.9 Å². The van der Waals surface area contributed by atoms with Gasteiger partial charge in [-0.25, -0.2) is 8.42 Å². The molecule has 0 fully saturated rings. The first-order valence-corrected chi connectivity index (χ1v) is 9.13. The molecule has 2 aromatic carbocycles. The molecule has 2 amide bonds. The maximum absolute atomic E-state index is 12.3. The average molecular weight is 377 g/mol. The number of hydrazine groups is 1. The van der Waals surface area contributed by atoms with Crippen molar-refractivity contribution in [1.82, 2.24) is 15.6 Å². The molecular formula is C17H19N3O5S. The topological polar surface area (TPSA) is 114 Å². The minimum Gasteiger partial charge on any atom is -0.497 e. The van der Waals surface area contributed by atoms with Gasteiger partial charge >= 0.3 is 0 Å². The number of nitrogens with one attached hydrogen (secondary N) is 3. The Morgan fingerprint density at radius 3 is 2.15 bits per heavy atom. The van der Waals surface area contributed by atoms with Crippen LogP contribution >= 0.6 is 0 Å². The zero-order valence-electron chi connectivity index (χ0n) is 14.2. The SMILES string of the molecule is COc1ccc(S(=O)(=O)N[C@@H](C)C(=O)NNC(=O)c2ccccc2)cc1. The molecule has 0 saturated heterocycles. The molecule has 9 heteroatoms. The van der Waals surface area contributed by atoms with Gasteiger partial charge in [0.15, 0.2) is 0 Å². The summed E-state index contributed by atoms with van der Waals surface area (Å²) in [7, 11) is -2.43. The second-order valence-electron chi connectivity index (χ2n) is 5.33. The van der Waals surface area contributed by atoms with E-state index in [1.807, 2.05) is 0 Å². The molecule has 0 spiro atoms. The van der Waals surface area contributed by atoms with Gasteiger partial charge in [-0.2, -0.15) is 4.72 Å². The molecule has 0 saturated carbocycles. The summed E-state index contributed by atoms with van der Waals surface area (Å²) in [5, 5.41) is 0. The lowest BCUT2D eigenvalue weighted by molar-refractivity contribution is -0.123. The van der Waals surface area contributed by atoms with Gasteiger partial charge in [-0.3, -0.25) is 20.4 Å². The van der Waals surface area contributed by atoms with Crippen LogP contribution in [0.1, 0.15) is 17.3 Å². The van der Waals surface area contributed by atoms with E-state index in [-0.39, 0.29) is 4.90 Å². The van der Waals surface area contributed by atoms with Crippen molar-refractivity contribution >= 4 is 21.8 Å². The summed E-state index contributed by atoms with van der Waals surface area (Å²) in [6.45, 7) is 1.37. The van der Waals surface area contributed by atoms with Gasteiger partial charge in [-0.15, -0.1) is 0 Å². The van der Waals surface area contributed by atoms with Crippen LogP contribution in [0.2, 0.25) is 0 Å². The van der Waals surface area contributed by atoms with Crippen LogP contribution < -0.4 is 20.3 Å². The highest BCUT2D eigenvalue weighted by Gasteiger charge is 2.22. The number of benzene rings is 2. The number of hydrogen-bond acceptors (Lipinski definition) is 5. The fraction of sp³-hybridized carbons (Fsp3) is 0.176. The molecule has 0 aromatic heterocycles. The van der Waals surface area contributed by atoms with Gasteiger partial charge in [0, 0.05) is 5.56 Å². The zero-order valence-corrected chi connectivity index (χ0v) is 15.0. The lowest BCUT2D eigenvalue weighted by Gasteiger charge is -2.15. The van der Waals surface area contributed by atoms with Gasteiger partial charge < -0.3 is 4.74 Å². The molecule has 3 N–H and O–H groups in total. The Morgan fingerprint density at radius 2 is 1.58 bits per heavy atom. The molecular weight excluding hydrogens is 358 g/mol. The summed E-state index contributed by atoms with van der Waals surface area (Å²) in [4.78, 5) is 23.9. The summed E-state index contributed by atoms with van der Waals surface area (Å²) in [5.41, 5.74) is 4.78. The van der Waals surface area contributed by atoms with E-state index in [1.54, 1.807) is 30.3 Å². The van der Waals surface area contributed by atoms with E-state index in [2.05, 4.69) is 15.6 Å². The summed E-state index contributed by atoms with van der Waals surface area (Å²) >= 11 is 0. The summed E-state index contributed by atoms with van der Waals surface area (Å²) in [6, 6.07) is 12.9. The van der Waals surface area contributed by atoms with Gasteiger partial charge in [0.25, 0.3) is 11.8 Å². The molecule has 0 aliphatic carbocycles. The average Bonchev–Trinajstić information content (AvgIpc) is 2.66. The number of carbonyl (C=O) groups is 2. The Hall–Kier alpha value is -2.91. The van der Waals surface area contributed by atoms with Crippen LogP contribution in [0.25, 0.3) is 0 Å². The quantitative estimate of drug-likeness (QED) is 0.645. The number of rotatable bonds is 6. The summed E-state index contributed by atoms with van der Waals surface area (Å²) < 4.78 is 31.8. The second-order valence-corrected chi connectivity index (χ2v) is 7.04. The highest BCUT2D eigenvalue weighted by atomic mass is 32.2. The highest BCUT2D eigenvalue weighted by molar-refractivity contribution is 7.89. The van der Waals surface area contributed by atoms with Gasteiger partial charge in [-0.05, 0) is 43.3 Å². The third kappa shape index (κ3) is 5.04. The molecule has 1 atom stereocenters. The maximum atomic E-state index is 12.3. The van der Waals surface area contributed by atoms with E-state index in [9.17, 15) is 18.0 Å². The molecule has 0 bridgehead atoms. The van der Waals surface area contributed by atoms with Gasteiger partial charge in [0.05, 0.1) is 18.0 Å². The van der Waals surface area contributed by atoms with E-state index in [4.69, 9.17) is 4.74 Å². The summed E-state index contributed by atoms with van der Waals surface area (Å²) in [6.07, 6.45) is 0. The zero-order chi connectivity index (χ0) is 19.2. The monoisotopic (exact) mass is 377 g/mol. The molecule has 0 heterocycles. The third-order valence-electron chi connectivity index (χ3n) is 3.43. The van der Waals surface area contributed by atoms with Crippen molar-refractivity contribution in [3.63, 3.8) is 0 Å². The maximum Gasteiger partial charge on any atom is 0.269 e. The Morgan fingerprint density at radius 1 is 0.962 bits per heavy atom. The number of hydrogen-bond donors (Lipinski definition) is 3. The number of ether oxygens (including phenoxy) is 1. The van der Waals surface area contributed by atoms with Gasteiger partial charge in [0.2, 0.25) is 10.0 Å². The molecule has 138 valence electrons. The predicted molar refractivity (Wildman–Crippen MR) is 94.8 cm³/mol. The van der Waals surface area contributed by atoms with Crippen molar-refractivity contribution in [2.24, 2.45) is 0 Å². The van der Waals surface area contributed by atoms with Gasteiger partial charge in [-0.1, -0.05) is 18.2 Å². The smallest absolute Gasteiger partial charge is 0.269 e. The first kappa shape index (κ1) is 19.4. The van der Waals surface area contributed by atoms with Crippen LogP contribution in [0, 0.1) is 0 Å². The van der Waals surface area contributed by atoms with E-state index >= 15 is 0 Å². The lowest BCUT2D eigenvalue weighted by atomic mass is 10.2. The molecule has 0 unspecified atom stereocenters. The minimum absolute atomic E-state index is 0.00808. The van der Waals surface area contributed by atoms with Crippen LogP contribution in [0.3, 0.4) is 0 Å². The molecule has 0 aliphatic rings. The van der Waals surface area contributed by atoms with Crippen LogP contribution in [-0.4, -0.2) is 33.4 Å². The van der Waals surface area contributed by atoms with Crippen molar-refractivity contribution in [3.05, 3.63) is 60.2 Å². The molecule has 0 radical (unpaired) electrons. The highest BCUT2D eigenvalue weighted by Crippen LogP contribution is 2.15. The van der Waals surface area contributed by atoms with Crippen molar-refractivity contribution < 1.29 is 22.7 Å². The third-order valence-corrected chi connectivity index (χ3v) is 4.99. The molecule has 2 aromatic rings. The molecule has 2 rings (SSSR count). The molecule has 0 aliphatic heterocycles. The minimum atomic E-state index is -3.90. The van der Waals surface area contributed by atoms with Gasteiger partial charge in [0.1, 0.15) is 5.75 Å². The Labute approximate surface area is 151 Å². The standard InChI is InChI=1S/C17H19N3O5S/c1-12(16(21)18-19-17(22)13-6-4-3-5-7-13)20-26(23,24)15-10-8-14(25-2)9-11-15/h3-12,20H,1-2H3,(H,18,21)(H,19,22)/t12-/m0/s1. The first-order chi connectivity index (χ1) is 12.3. The Balaban J connectivity index is 1.94. The first-order valence-electron chi connectivity index (χ1n) is 7.65. The Bertz CT molecular complexity index is 867. The van der Waals surface area contributed by atoms with Crippen molar-refractivity contribution in [3.8, 4) is 5.75 Å². The lowest BCUT2D eigenvalue weighted by Crippen LogP contribution is -2.51. The van der Waals surface area contributed by atoms with Crippen LogP contribution in [0.4, 0.5) is 0 Å². The van der Waals surface area contributed by atoms with Crippen molar-refractivity contribution in [1.29, 1.82) is 0 Å². The van der Waals surface area contributed by atoms with Crippen LogP contribution in [0.15, 0.2) is 59.5 Å². The van der Waals surface area contributed by atoms with E-state index < -0.39 is 27.9 Å². The van der Waals surface area contributed by atoms with E-state index in [0.717, 1.165) is 0 Å². The number of amides is 2. The number of carbonyl (C=O) groups excluding carboxylic acids is 2. The number of sulfonamides is 1. The molecule has 8 nitrogen and oxygen atoms in total. The van der Waals surface area contributed by atoms with Crippen LogP contribution in [-0.2, 0) is 14.8 Å². The molecule has 26 heavy (non-hydrogen) atoms. The van der Waals surface area contributed by atoms with E-state index in [0.29, 0.717) is 11.3 Å². The van der Waals surface area contributed by atoms with E-state index in [1.165, 1.54) is 38.3 Å². The Kier molecular flexibility index (Phi) is 6.31. The normalized spacial score (nSPS) is 12.1. The summed E-state index contributed by atoms with van der Waals surface area (Å²) in [5.74, 6) is -0.700. The van der Waals surface area contributed by atoms with Crippen LogP contribution in [0.5, 0.6) is 5.75 Å². The predicted octanol–water partition coefficient (Wildman–Crippen LogP) is 0.823. The number of methoxy groups -OCH3 is 1. The fourth-order valence-electron chi connectivity index (χ4n) is 2.00. The second kappa shape index (κ2) is 8.45. The largest absolute Gasteiger partial charge is 0.497 e. The van der Waals surface area contributed by atoms with Crippen molar-refractivity contribution in [2.75, 3.05) is 7.11 Å². The fourth-order valence-corrected chi connectivity index (χ4v) is 3.20.